The van der Waals surface area contributed by atoms with Crippen molar-refractivity contribution in [3.8, 4) is 0 Å². The van der Waals surface area contributed by atoms with Crippen LogP contribution < -0.4 is 16.0 Å². The first kappa shape index (κ1) is 15.3. The van der Waals surface area contributed by atoms with Crippen LogP contribution in [-0.2, 0) is 11.2 Å². The van der Waals surface area contributed by atoms with Crippen LogP contribution in [0.3, 0.4) is 0 Å². The molecule has 0 aliphatic heterocycles. The molecule has 1 amide bonds. The summed E-state index contributed by atoms with van der Waals surface area (Å²) in [6.07, 6.45) is 0.242. The fraction of sp³-hybridized carbons (Fsp3) is 0.333. The van der Waals surface area contributed by atoms with Crippen LogP contribution in [0.15, 0.2) is 29.6 Å². The van der Waals surface area contributed by atoms with Crippen molar-refractivity contribution in [2.24, 2.45) is 0 Å². The molecule has 0 spiro atoms. The lowest BCUT2D eigenvalue weighted by Crippen LogP contribution is -2.21. The summed E-state index contributed by atoms with van der Waals surface area (Å²) in [4.78, 5) is 18.3. The van der Waals surface area contributed by atoms with E-state index in [1.807, 2.05) is 24.3 Å². The summed E-state index contributed by atoms with van der Waals surface area (Å²) in [5, 5.41) is 5.16. The number of rotatable bonds is 6. The molecular formula is C15H20N4OS. The highest BCUT2D eigenvalue weighted by Crippen LogP contribution is 2.18. The number of nitrogens with two attached hydrogens (primary N) is 1. The fourth-order valence-electron chi connectivity index (χ4n) is 2.12. The van der Waals surface area contributed by atoms with Crippen LogP contribution in [0.2, 0.25) is 0 Å². The number of carbonyl (C=O) groups is 1. The van der Waals surface area contributed by atoms with Gasteiger partial charge in [-0.1, -0.05) is 0 Å². The Kier molecular flexibility index (Phi) is 5.16. The Labute approximate surface area is 128 Å². The number of nitrogens with one attached hydrogen (secondary N) is 1. The minimum absolute atomic E-state index is 0.0871. The molecule has 3 N–H and O–H groups in total. The first-order valence-corrected chi connectivity index (χ1v) is 7.85. The van der Waals surface area contributed by atoms with Crippen LogP contribution in [0.5, 0.6) is 0 Å². The molecule has 2 rings (SSSR count). The first-order chi connectivity index (χ1) is 10.1. The standard InChI is InChI=1S/C15H20N4OS/c1-3-19(4-2)13-7-5-11(6-8-13)17-14(20)9-12-10-21-15(16)18-12/h5-8,10H,3-4,9H2,1-2H3,(H2,16,18)(H,17,20). The summed E-state index contributed by atoms with van der Waals surface area (Å²) in [7, 11) is 0. The molecule has 0 unspecified atom stereocenters. The minimum Gasteiger partial charge on any atom is -0.375 e. The van der Waals surface area contributed by atoms with Gasteiger partial charge in [0.1, 0.15) is 0 Å². The van der Waals surface area contributed by atoms with Gasteiger partial charge in [0.2, 0.25) is 5.91 Å². The first-order valence-electron chi connectivity index (χ1n) is 6.97. The second kappa shape index (κ2) is 7.08. The minimum atomic E-state index is -0.0871. The number of thiazole rings is 1. The SMILES string of the molecule is CCN(CC)c1ccc(NC(=O)Cc2csc(N)n2)cc1. The summed E-state index contributed by atoms with van der Waals surface area (Å²) >= 11 is 1.34. The number of nitrogen functional groups attached to an aromatic ring is 1. The number of benzene rings is 1. The van der Waals surface area contributed by atoms with Crippen LogP contribution in [-0.4, -0.2) is 24.0 Å². The Balaban J connectivity index is 1.95. The molecule has 0 saturated heterocycles. The number of hydrogen-bond acceptors (Lipinski definition) is 5. The molecule has 0 atom stereocenters. The van der Waals surface area contributed by atoms with E-state index in [0.717, 1.165) is 24.5 Å². The highest BCUT2D eigenvalue weighted by atomic mass is 32.1. The summed E-state index contributed by atoms with van der Waals surface area (Å²) < 4.78 is 0. The molecule has 0 radical (unpaired) electrons. The van der Waals surface area contributed by atoms with Crippen LogP contribution >= 0.6 is 11.3 Å². The maximum Gasteiger partial charge on any atom is 0.230 e. The molecular weight excluding hydrogens is 284 g/mol. The summed E-state index contributed by atoms with van der Waals surface area (Å²) in [6, 6.07) is 7.87. The second-order valence-corrected chi connectivity index (χ2v) is 5.51. The van der Waals surface area contributed by atoms with Gasteiger partial charge in [-0.05, 0) is 38.1 Å². The lowest BCUT2D eigenvalue weighted by atomic mass is 10.2. The molecule has 0 saturated carbocycles. The van der Waals surface area contributed by atoms with Crippen molar-refractivity contribution in [2.45, 2.75) is 20.3 Å². The molecule has 1 aromatic heterocycles. The van der Waals surface area contributed by atoms with Crippen molar-refractivity contribution >= 4 is 33.8 Å². The molecule has 0 fully saturated rings. The quantitative estimate of drug-likeness (QED) is 0.861. The van der Waals surface area contributed by atoms with Gasteiger partial charge in [-0.25, -0.2) is 4.98 Å². The molecule has 0 aliphatic carbocycles. The molecule has 6 heteroatoms. The zero-order valence-electron chi connectivity index (χ0n) is 12.3. The molecule has 1 aromatic carbocycles. The van der Waals surface area contributed by atoms with E-state index in [1.54, 1.807) is 5.38 Å². The lowest BCUT2D eigenvalue weighted by molar-refractivity contribution is -0.115. The average Bonchev–Trinajstić information content (AvgIpc) is 2.87. The van der Waals surface area contributed by atoms with E-state index in [2.05, 4.69) is 29.0 Å². The maximum atomic E-state index is 11.9. The largest absolute Gasteiger partial charge is 0.375 e. The van der Waals surface area contributed by atoms with Gasteiger partial charge in [-0.2, -0.15) is 0 Å². The Morgan fingerprint density at radius 1 is 1.29 bits per heavy atom. The molecule has 0 bridgehead atoms. The highest BCUT2D eigenvalue weighted by molar-refractivity contribution is 7.13. The number of carbonyl (C=O) groups excluding carboxylic acids is 1. The van der Waals surface area contributed by atoms with Gasteiger partial charge in [0.25, 0.3) is 0 Å². The highest BCUT2D eigenvalue weighted by Gasteiger charge is 2.08. The van der Waals surface area contributed by atoms with E-state index < -0.39 is 0 Å². The van der Waals surface area contributed by atoms with E-state index in [-0.39, 0.29) is 12.3 Å². The van der Waals surface area contributed by atoms with Crippen LogP contribution in [0.4, 0.5) is 16.5 Å². The molecule has 2 aromatic rings. The van der Waals surface area contributed by atoms with E-state index in [0.29, 0.717) is 10.8 Å². The number of nitrogens with zero attached hydrogens (tertiary/aromatic N) is 2. The van der Waals surface area contributed by atoms with E-state index in [1.165, 1.54) is 11.3 Å². The monoisotopic (exact) mass is 304 g/mol. The van der Waals surface area contributed by atoms with Crippen molar-refractivity contribution in [1.82, 2.24) is 4.98 Å². The topological polar surface area (TPSA) is 71.2 Å². The van der Waals surface area contributed by atoms with Gasteiger partial charge in [0.05, 0.1) is 12.1 Å². The predicted octanol–water partition coefficient (Wildman–Crippen LogP) is 2.75. The normalized spacial score (nSPS) is 10.4. The van der Waals surface area contributed by atoms with Gasteiger partial charge in [-0.3, -0.25) is 4.79 Å². The third-order valence-corrected chi connectivity index (χ3v) is 3.91. The second-order valence-electron chi connectivity index (χ2n) is 4.62. The zero-order chi connectivity index (χ0) is 15.2. The maximum absolute atomic E-state index is 11.9. The van der Waals surface area contributed by atoms with Gasteiger partial charge >= 0.3 is 0 Å². The smallest absolute Gasteiger partial charge is 0.230 e. The Bertz CT molecular complexity index is 590. The van der Waals surface area contributed by atoms with Crippen molar-refractivity contribution in [2.75, 3.05) is 29.0 Å². The van der Waals surface area contributed by atoms with Crippen molar-refractivity contribution in [3.63, 3.8) is 0 Å². The zero-order valence-corrected chi connectivity index (χ0v) is 13.1. The van der Waals surface area contributed by atoms with Gasteiger partial charge < -0.3 is 16.0 Å². The number of hydrogen-bond donors (Lipinski definition) is 2. The predicted molar refractivity (Wildman–Crippen MR) is 88.9 cm³/mol. The molecule has 21 heavy (non-hydrogen) atoms. The van der Waals surface area contributed by atoms with Crippen molar-refractivity contribution in [1.29, 1.82) is 0 Å². The van der Waals surface area contributed by atoms with Crippen LogP contribution in [0.1, 0.15) is 19.5 Å². The van der Waals surface area contributed by atoms with Crippen molar-refractivity contribution < 1.29 is 4.79 Å². The van der Waals surface area contributed by atoms with Gasteiger partial charge in [-0.15, -0.1) is 11.3 Å². The number of amides is 1. The molecule has 0 aliphatic rings. The van der Waals surface area contributed by atoms with E-state index in [4.69, 9.17) is 5.73 Å². The summed E-state index contributed by atoms with van der Waals surface area (Å²) in [6.45, 7) is 6.18. The Morgan fingerprint density at radius 3 is 2.48 bits per heavy atom. The molecule has 112 valence electrons. The number of aromatic nitrogens is 1. The average molecular weight is 304 g/mol. The van der Waals surface area contributed by atoms with E-state index in [9.17, 15) is 4.79 Å². The Morgan fingerprint density at radius 2 is 1.95 bits per heavy atom. The van der Waals surface area contributed by atoms with E-state index >= 15 is 0 Å². The summed E-state index contributed by atoms with van der Waals surface area (Å²) in [5.41, 5.74) is 8.20. The third kappa shape index (κ3) is 4.19. The van der Waals surface area contributed by atoms with Crippen LogP contribution in [0.25, 0.3) is 0 Å². The fourth-order valence-corrected chi connectivity index (χ4v) is 2.68. The number of anilines is 3. The molecule has 5 nitrogen and oxygen atoms in total. The Hall–Kier alpha value is -2.08. The summed E-state index contributed by atoms with van der Waals surface area (Å²) in [5.74, 6) is -0.0871. The van der Waals surface area contributed by atoms with Gasteiger partial charge in [0, 0.05) is 29.8 Å². The third-order valence-electron chi connectivity index (χ3n) is 3.19. The molecule has 1 heterocycles. The van der Waals surface area contributed by atoms with Crippen molar-refractivity contribution in [3.05, 3.63) is 35.3 Å². The van der Waals surface area contributed by atoms with Gasteiger partial charge in [0.15, 0.2) is 5.13 Å². The van der Waals surface area contributed by atoms with Crippen LogP contribution in [0, 0.1) is 0 Å². The lowest BCUT2D eigenvalue weighted by Gasteiger charge is -2.21.